The molecule has 2 N–H and O–H groups in total. The van der Waals surface area contributed by atoms with Gasteiger partial charge in [0, 0.05) is 18.8 Å². The summed E-state index contributed by atoms with van der Waals surface area (Å²) in [7, 11) is 0. The number of likely N-dealkylation sites (tertiary alicyclic amines) is 1. The van der Waals surface area contributed by atoms with E-state index in [9.17, 15) is 9.59 Å². The predicted octanol–water partition coefficient (Wildman–Crippen LogP) is -0.986. The highest BCUT2D eigenvalue weighted by Crippen LogP contribution is 2.17. The summed E-state index contributed by atoms with van der Waals surface area (Å²) < 4.78 is 0. The number of carbonyl (C=O) groups is 2. The second-order valence-corrected chi connectivity index (χ2v) is 4.19. The van der Waals surface area contributed by atoms with Gasteiger partial charge in [-0.1, -0.05) is 11.8 Å². The van der Waals surface area contributed by atoms with Crippen molar-refractivity contribution in [2.45, 2.75) is 12.1 Å². The maximum atomic E-state index is 11.5. The van der Waals surface area contributed by atoms with Crippen molar-refractivity contribution in [2.24, 2.45) is 0 Å². The Morgan fingerprint density at radius 1 is 1.62 bits per heavy atom. The van der Waals surface area contributed by atoms with Crippen LogP contribution in [0, 0.1) is 0 Å². The summed E-state index contributed by atoms with van der Waals surface area (Å²) in [6.45, 7) is 0.797. The van der Waals surface area contributed by atoms with E-state index < -0.39 is 0 Å². The standard InChI is InChI=1S/C7H10N2O3S/c10-4-1-9(2-4)6(11)5-3-13-7(12)8-5/h4-5,10H,1-3H2,(H,8,12). The maximum absolute atomic E-state index is 11.5. The molecule has 0 bridgehead atoms. The average Bonchev–Trinajstić information content (AvgIpc) is 2.45. The number of nitrogens with zero attached hydrogens (tertiary/aromatic N) is 1. The number of hydrogen-bond acceptors (Lipinski definition) is 4. The first-order chi connectivity index (χ1) is 6.16. The van der Waals surface area contributed by atoms with Gasteiger partial charge >= 0.3 is 0 Å². The van der Waals surface area contributed by atoms with E-state index in [2.05, 4.69) is 5.32 Å². The van der Waals surface area contributed by atoms with Crippen LogP contribution in [0.2, 0.25) is 0 Å². The van der Waals surface area contributed by atoms with Gasteiger partial charge in [0.1, 0.15) is 6.04 Å². The van der Waals surface area contributed by atoms with Gasteiger partial charge in [0.05, 0.1) is 6.10 Å². The van der Waals surface area contributed by atoms with Crippen molar-refractivity contribution >= 4 is 22.9 Å². The van der Waals surface area contributed by atoms with E-state index in [0.717, 1.165) is 11.8 Å². The van der Waals surface area contributed by atoms with E-state index in [0.29, 0.717) is 18.8 Å². The lowest BCUT2D eigenvalue weighted by Crippen LogP contribution is -2.58. The molecule has 2 amide bonds. The summed E-state index contributed by atoms with van der Waals surface area (Å²) in [6, 6.07) is -0.384. The zero-order valence-corrected chi connectivity index (χ0v) is 7.71. The Kier molecular flexibility index (Phi) is 2.17. The summed E-state index contributed by atoms with van der Waals surface area (Å²) in [5.74, 6) is 0.424. The summed E-state index contributed by atoms with van der Waals surface area (Å²) in [4.78, 5) is 23.8. The van der Waals surface area contributed by atoms with Crippen molar-refractivity contribution in [3.63, 3.8) is 0 Å². The lowest BCUT2D eigenvalue weighted by molar-refractivity contribution is -0.142. The third-order valence-electron chi connectivity index (χ3n) is 2.15. The van der Waals surface area contributed by atoms with Gasteiger partial charge in [-0.3, -0.25) is 9.59 Å². The molecule has 2 aliphatic heterocycles. The highest BCUT2D eigenvalue weighted by molar-refractivity contribution is 8.14. The second-order valence-electron chi connectivity index (χ2n) is 3.19. The minimum Gasteiger partial charge on any atom is -0.389 e. The number of thioether (sulfide) groups is 1. The van der Waals surface area contributed by atoms with Gasteiger partial charge in [0.25, 0.3) is 5.24 Å². The minimum absolute atomic E-state index is 0.0800. The molecular weight excluding hydrogens is 192 g/mol. The van der Waals surface area contributed by atoms with E-state index in [-0.39, 0.29) is 23.3 Å². The van der Waals surface area contributed by atoms with Gasteiger partial charge in [-0.15, -0.1) is 0 Å². The van der Waals surface area contributed by atoms with Crippen molar-refractivity contribution in [3.8, 4) is 0 Å². The topological polar surface area (TPSA) is 69.6 Å². The number of nitrogens with one attached hydrogen (secondary N) is 1. The minimum atomic E-state index is -0.384. The van der Waals surface area contributed by atoms with Crippen molar-refractivity contribution in [1.82, 2.24) is 10.2 Å². The number of aliphatic hydroxyl groups excluding tert-OH is 1. The van der Waals surface area contributed by atoms with Crippen LogP contribution in [-0.4, -0.2) is 52.1 Å². The van der Waals surface area contributed by atoms with E-state index in [4.69, 9.17) is 5.11 Å². The van der Waals surface area contributed by atoms with Crippen LogP contribution < -0.4 is 5.32 Å². The van der Waals surface area contributed by atoms with Crippen LogP contribution in [0.5, 0.6) is 0 Å². The number of aliphatic hydroxyl groups is 1. The zero-order valence-electron chi connectivity index (χ0n) is 6.90. The Labute approximate surface area is 79.5 Å². The number of rotatable bonds is 1. The molecule has 0 aromatic heterocycles. The van der Waals surface area contributed by atoms with Gasteiger partial charge in [-0.25, -0.2) is 0 Å². The first kappa shape index (κ1) is 8.83. The number of hydrogen-bond donors (Lipinski definition) is 2. The smallest absolute Gasteiger partial charge is 0.279 e. The fourth-order valence-electron chi connectivity index (χ4n) is 1.37. The quantitative estimate of drug-likeness (QED) is 0.573. The molecule has 1 atom stereocenters. The van der Waals surface area contributed by atoms with Crippen LogP contribution in [0.4, 0.5) is 4.79 Å². The van der Waals surface area contributed by atoms with Gasteiger partial charge in [0.2, 0.25) is 5.91 Å². The first-order valence-corrected chi connectivity index (χ1v) is 5.05. The van der Waals surface area contributed by atoms with Crippen LogP contribution >= 0.6 is 11.8 Å². The lowest BCUT2D eigenvalue weighted by Gasteiger charge is -2.37. The van der Waals surface area contributed by atoms with Gasteiger partial charge in [-0.2, -0.15) is 0 Å². The van der Waals surface area contributed by atoms with E-state index in [1.54, 1.807) is 4.90 Å². The van der Waals surface area contributed by atoms with Crippen LogP contribution in [0.1, 0.15) is 0 Å². The fraction of sp³-hybridized carbons (Fsp3) is 0.714. The largest absolute Gasteiger partial charge is 0.389 e. The zero-order chi connectivity index (χ0) is 9.42. The highest BCUT2D eigenvalue weighted by atomic mass is 32.2. The molecule has 2 rings (SSSR count). The molecule has 5 nitrogen and oxygen atoms in total. The number of β-amino-alcohol motifs (C(OH)–C–C–N with tert-alkyl or cyclic N) is 1. The molecule has 0 radical (unpaired) electrons. The van der Waals surface area contributed by atoms with Crippen molar-refractivity contribution in [1.29, 1.82) is 0 Å². The van der Waals surface area contributed by atoms with Gasteiger partial charge in [-0.05, 0) is 0 Å². The summed E-state index contributed by atoms with van der Waals surface area (Å²) in [5, 5.41) is 11.4. The normalized spacial score (nSPS) is 28.5. The van der Waals surface area contributed by atoms with Crippen LogP contribution in [0.3, 0.4) is 0 Å². The SMILES string of the molecule is O=C1NC(C(=O)N2CC(O)C2)CS1. The summed E-state index contributed by atoms with van der Waals surface area (Å²) in [6.07, 6.45) is -0.381. The number of amides is 2. The summed E-state index contributed by atoms with van der Waals surface area (Å²) >= 11 is 1.13. The van der Waals surface area contributed by atoms with Crippen LogP contribution in [0.15, 0.2) is 0 Å². The van der Waals surface area contributed by atoms with Crippen LogP contribution in [-0.2, 0) is 4.79 Å². The molecule has 0 saturated carbocycles. The van der Waals surface area contributed by atoms with E-state index in [1.807, 2.05) is 0 Å². The lowest BCUT2D eigenvalue weighted by atomic mass is 10.1. The molecule has 0 aromatic carbocycles. The molecule has 2 fully saturated rings. The molecule has 6 heteroatoms. The first-order valence-electron chi connectivity index (χ1n) is 4.07. The fourth-order valence-corrected chi connectivity index (χ4v) is 2.14. The van der Waals surface area contributed by atoms with Gasteiger partial charge in [0.15, 0.2) is 0 Å². The maximum Gasteiger partial charge on any atom is 0.279 e. The molecule has 72 valence electrons. The van der Waals surface area contributed by atoms with Crippen molar-refractivity contribution < 1.29 is 14.7 Å². The van der Waals surface area contributed by atoms with E-state index >= 15 is 0 Å². The highest BCUT2D eigenvalue weighted by Gasteiger charge is 2.36. The Morgan fingerprint density at radius 2 is 2.31 bits per heavy atom. The Hall–Kier alpha value is -0.750. The molecule has 2 heterocycles. The molecular formula is C7H10N2O3S. The molecule has 2 saturated heterocycles. The van der Waals surface area contributed by atoms with Crippen molar-refractivity contribution in [3.05, 3.63) is 0 Å². The third-order valence-corrected chi connectivity index (χ3v) is 3.03. The number of carbonyl (C=O) groups excluding carboxylic acids is 2. The predicted molar refractivity (Wildman–Crippen MR) is 47.4 cm³/mol. The second kappa shape index (κ2) is 3.19. The molecule has 0 aromatic rings. The summed E-state index contributed by atoms with van der Waals surface area (Å²) in [5.41, 5.74) is 0. The molecule has 13 heavy (non-hydrogen) atoms. The molecule has 2 aliphatic rings. The van der Waals surface area contributed by atoms with Gasteiger partial charge < -0.3 is 15.3 Å². The Balaban J connectivity index is 1.87. The van der Waals surface area contributed by atoms with Crippen LogP contribution in [0.25, 0.3) is 0 Å². The Morgan fingerprint density at radius 3 is 2.77 bits per heavy atom. The monoisotopic (exact) mass is 202 g/mol. The molecule has 0 aliphatic carbocycles. The molecule has 0 spiro atoms. The third kappa shape index (κ3) is 1.64. The molecule has 1 unspecified atom stereocenters. The van der Waals surface area contributed by atoms with E-state index in [1.165, 1.54) is 0 Å². The Bertz CT molecular complexity index is 252. The average molecular weight is 202 g/mol. The van der Waals surface area contributed by atoms with Crippen molar-refractivity contribution in [2.75, 3.05) is 18.8 Å².